The molecule has 2 aromatic rings. The second-order valence-corrected chi connectivity index (χ2v) is 6.55. The highest BCUT2D eigenvalue weighted by atomic mass is 79.9. The number of anilines is 1. The van der Waals surface area contributed by atoms with Crippen LogP contribution in [0.25, 0.3) is 0 Å². The zero-order valence-corrected chi connectivity index (χ0v) is 13.3. The van der Waals surface area contributed by atoms with E-state index in [-0.39, 0.29) is 4.90 Å². The van der Waals surface area contributed by atoms with Crippen molar-refractivity contribution in [3.05, 3.63) is 46.7 Å². The van der Waals surface area contributed by atoms with E-state index in [4.69, 9.17) is 4.74 Å². The van der Waals surface area contributed by atoms with Crippen molar-refractivity contribution < 1.29 is 13.2 Å². The molecule has 0 spiro atoms. The Hall–Kier alpha value is -1.60. The van der Waals surface area contributed by atoms with Crippen molar-refractivity contribution in [2.75, 3.05) is 11.8 Å². The van der Waals surface area contributed by atoms with E-state index in [9.17, 15) is 8.42 Å². The summed E-state index contributed by atoms with van der Waals surface area (Å²) in [5, 5.41) is 0. The van der Waals surface area contributed by atoms with E-state index in [1.807, 2.05) is 0 Å². The maximum Gasteiger partial charge on any atom is 0.262 e. The van der Waals surface area contributed by atoms with Gasteiger partial charge < -0.3 is 4.74 Å². The largest absolute Gasteiger partial charge is 0.497 e. The van der Waals surface area contributed by atoms with Gasteiger partial charge in [-0.25, -0.2) is 13.4 Å². The lowest BCUT2D eigenvalue weighted by Crippen LogP contribution is -2.14. The molecule has 0 fully saturated rings. The van der Waals surface area contributed by atoms with Gasteiger partial charge in [-0.15, -0.1) is 0 Å². The van der Waals surface area contributed by atoms with Crippen molar-refractivity contribution in [3.63, 3.8) is 0 Å². The van der Waals surface area contributed by atoms with Gasteiger partial charge in [0.25, 0.3) is 10.0 Å². The van der Waals surface area contributed by atoms with Crippen LogP contribution in [0.3, 0.4) is 0 Å². The molecule has 0 unspecified atom stereocenters. The van der Waals surface area contributed by atoms with Gasteiger partial charge in [-0.3, -0.25) is 4.72 Å². The molecule has 0 saturated carbocycles. The van der Waals surface area contributed by atoms with Crippen LogP contribution < -0.4 is 9.46 Å². The second-order valence-electron chi connectivity index (χ2n) is 4.05. The van der Waals surface area contributed by atoms with Crippen LogP contribution in [0.4, 0.5) is 5.69 Å². The summed E-state index contributed by atoms with van der Waals surface area (Å²) in [5.41, 5.74) is 1.03. The van der Waals surface area contributed by atoms with Gasteiger partial charge in [-0.2, -0.15) is 0 Å². The fourth-order valence-corrected chi connectivity index (χ4v) is 3.16. The molecule has 0 radical (unpaired) electrons. The molecular weight excluding hydrogens is 344 g/mol. The molecule has 0 saturated heterocycles. The van der Waals surface area contributed by atoms with Crippen molar-refractivity contribution in [3.8, 4) is 5.75 Å². The average Bonchev–Trinajstić information content (AvgIpc) is 2.42. The zero-order valence-electron chi connectivity index (χ0n) is 10.9. The minimum absolute atomic E-state index is 0.138. The number of benzene rings is 1. The molecule has 106 valence electrons. The molecule has 1 aromatic heterocycles. The highest BCUT2D eigenvalue weighted by Gasteiger charge is 2.16. The van der Waals surface area contributed by atoms with Crippen molar-refractivity contribution >= 4 is 31.6 Å². The number of rotatable bonds is 4. The maximum atomic E-state index is 12.3. The van der Waals surface area contributed by atoms with Crippen LogP contribution in [-0.2, 0) is 10.0 Å². The molecule has 7 heteroatoms. The Kier molecular flexibility index (Phi) is 4.29. The standard InChI is InChI=1S/C13H13BrN2O3S/c1-9-12(6-7-13(14)15-9)16-20(17,18)11-5-3-4-10(8-11)19-2/h3-8,16H,1-2H3. The number of aromatic nitrogens is 1. The highest BCUT2D eigenvalue weighted by molar-refractivity contribution is 9.10. The Labute approximate surface area is 126 Å². The number of aryl methyl sites for hydroxylation is 1. The summed E-state index contributed by atoms with van der Waals surface area (Å²) in [6.45, 7) is 1.73. The fraction of sp³-hybridized carbons (Fsp3) is 0.154. The number of nitrogens with zero attached hydrogens (tertiary/aromatic N) is 1. The quantitative estimate of drug-likeness (QED) is 0.855. The lowest BCUT2D eigenvalue weighted by Gasteiger charge is -2.11. The van der Waals surface area contributed by atoms with Crippen LogP contribution >= 0.6 is 15.9 Å². The molecule has 2 rings (SSSR count). The van der Waals surface area contributed by atoms with Gasteiger partial charge in [-0.05, 0) is 47.1 Å². The number of methoxy groups -OCH3 is 1. The van der Waals surface area contributed by atoms with Crippen LogP contribution in [0.15, 0.2) is 45.9 Å². The van der Waals surface area contributed by atoms with Gasteiger partial charge in [0.05, 0.1) is 23.4 Å². The number of hydrogen-bond acceptors (Lipinski definition) is 4. The summed E-state index contributed by atoms with van der Waals surface area (Å²) in [6.07, 6.45) is 0. The maximum absolute atomic E-state index is 12.3. The molecule has 20 heavy (non-hydrogen) atoms. The number of halogens is 1. The number of pyridine rings is 1. The van der Waals surface area contributed by atoms with Gasteiger partial charge in [0.15, 0.2) is 0 Å². The molecule has 1 N–H and O–H groups in total. The molecule has 0 aliphatic heterocycles. The van der Waals surface area contributed by atoms with Crippen LogP contribution in [0.5, 0.6) is 5.75 Å². The first-order valence-electron chi connectivity index (χ1n) is 5.72. The molecule has 1 heterocycles. The number of nitrogens with one attached hydrogen (secondary N) is 1. The van der Waals surface area contributed by atoms with E-state index in [0.717, 1.165) is 0 Å². The highest BCUT2D eigenvalue weighted by Crippen LogP contribution is 2.22. The first-order chi connectivity index (χ1) is 9.42. The van der Waals surface area contributed by atoms with Crippen molar-refractivity contribution in [2.24, 2.45) is 0 Å². The Morgan fingerprint density at radius 3 is 2.65 bits per heavy atom. The summed E-state index contributed by atoms with van der Waals surface area (Å²) in [4.78, 5) is 4.29. The van der Waals surface area contributed by atoms with Gasteiger partial charge in [-0.1, -0.05) is 6.07 Å². The van der Waals surface area contributed by atoms with Gasteiger partial charge >= 0.3 is 0 Å². The number of ether oxygens (including phenoxy) is 1. The SMILES string of the molecule is COc1cccc(S(=O)(=O)Nc2ccc(Br)nc2C)c1. The molecule has 0 atom stereocenters. The van der Waals surface area contributed by atoms with Crippen LogP contribution in [0.2, 0.25) is 0 Å². The Bertz CT molecular complexity index is 732. The monoisotopic (exact) mass is 356 g/mol. The molecule has 1 aromatic carbocycles. The lowest BCUT2D eigenvalue weighted by atomic mass is 10.3. The van der Waals surface area contributed by atoms with Gasteiger partial charge in [0, 0.05) is 6.07 Å². The van der Waals surface area contributed by atoms with E-state index < -0.39 is 10.0 Å². The van der Waals surface area contributed by atoms with E-state index in [1.165, 1.54) is 19.2 Å². The lowest BCUT2D eigenvalue weighted by molar-refractivity contribution is 0.413. The van der Waals surface area contributed by atoms with Gasteiger partial charge in [0.2, 0.25) is 0 Å². The second kappa shape index (κ2) is 5.80. The smallest absolute Gasteiger partial charge is 0.262 e. The van der Waals surface area contributed by atoms with E-state index in [1.54, 1.807) is 31.2 Å². The van der Waals surface area contributed by atoms with Crippen molar-refractivity contribution in [2.45, 2.75) is 11.8 Å². The minimum atomic E-state index is -3.67. The predicted octanol–water partition coefficient (Wildman–Crippen LogP) is 2.96. The normalized spacial score (nSPS) is 11.2. The summed E-state index contributed by atoms with van der Waals surface area (Å²) >= 11 is 3.23. The molecule has 0 aliphatic rings. The average molecular weight is 357 g/mol. The molecule has 0 aliphatic carbocycles. The predicted molar refractivity (Wildman–Crippen MR) is 80.5 cm³/mol. The molecule has 0 bridgehead atoms. The van der Waals surface area contributed by atoms with Crippen LogP contribution in [-0.4, -0.2) is 20.5 Å². The van der Waals surface area contributed by atoms with Crippen molar-refractivity contribution in [1.29, 1.82) is 0 Å². The number of hydrogen-bond donors (Lipinski definition) is 1. The first kappa shape index (κ1) is 14.8. The third-order valence-electron chi connectivity index (χ3n) is 2.65. The molecule has 0 amide bonds. The summed E-state index contributed by atoms with van der Waals surface area (Å²) in [7, 11) is -2.18. The molecule has 5 nitrogen and oxygen atoms in total. The summed E-state index contributed by atoms with van der Waals surface area (Å²) in [6, 6.07) is 9.61. The summed E-state index contributed by atoms with van der Waals surface area (Å²) < 4.78 is 32.8. The van der Waals surface area contributed by atoms with E-state index in [2.05, 4.69) is 25.6 Å². The number of sulfonamides is 1. The third kappa shape index (κ3) is 3.29. The fourth-order valence-electron chi connectivity index (χ4n) is 1.61. The van der Waals surface area contributed by atoms with Crippen LogP contribution in [0, 0.1) is 6.92 Å². The van der Waals surface area contributed by atoms with E-state index >= 15 is 0 Å². The minimum Gasteiger partial charge on any atom is -0.497 e. The van der Waals surface area contributed by atoms with E-state index in [0.29, 0.717) is 21.7 Å². The first-order valence-corrected chi connectivity index (χ1v) is 8.00. The zero-order chi connectivity index (χ0) is 14.8. The summed E-state index contributed by atoms with van der Waals surface area (Å²) in [5.74, 6) is 0.485. The van der Waals surface area contributed by atoms with Crippen LogP contribution in [0.1, 0.15) is 5.69 Å². The topological polar surface area (TPSA) is 68.3 Å². The van der Waals surface area contributed by atoms with Gasteiger partial charge in [0.1, 0.15) is 10.4 Å². The molecular formula is C13H13BrN2O3S. The Balaban J connectivity index is 2.35. The Morgan fingerprint density at radius 1 is 1.25 bits per heavy atom. The third-order valence-corrected chi connectivity index (χ3v) is 4.45. The Morgan fingerprint density at radius 2 is 2.00 bits per heavy atom. The van der Waals surface area contributed by atoms with Crippen molar-refractivity contribution in [1.82, 2.24) is 4.98 Å².